The molecule has 0 spiro atoms. The zero-order valence-electron chi connectivity index (χ0n) is 27.8. The molecule has 0 aromatic rings. The van der Waals surface area contributed by atoms with E-state index in [2.05, 4.69) is 13.5 Å². The van der Waals surface area contributed by atoms with Crippen molar-refractivity contribution in [1.82, 2.24) is 0 Å². The highest BCUT2D eigenvalue weighted by Gasteiger charge is 2.74. The van der Waals surface area contributed by atoms with Gasteiger partial charge in [-0.25, -0.2) is 0 Å². The van der Waals surface area contributed by atoms with E-state index in [4.69, 9.17) is 9.47 Å². The average molecular weight is 649 g/mol. The Morgan fingerprint density at radius 3 is 2.39 bits per heavy atom. The van der Waals surface area contributed by atoms with Gasteiger partial charge in [-0.3, -0.25) is 9.59 Å². The van der Waals surface area contributed by atoms with Gasteiger partial charge in [0.05, 0.1) is 24.4 Å². The zero-order chi connectivity index (χ0) is 34.3. The Morgan fingerprint density at radius 1 is 1.13 bits per heavy atom. The van der Waals surface area contributed by atoms with E-state index < -0.39 is 89.0 Å². The number of hydrogen-bond donors (Lipinski definition) is 7. The second-order valence-corrected chi connectivity index (χ2v) is 15.6. The summed E-state index contributed by atoms with van der Waals surface area (Å²) in [6.45, 7) is 14.3. The predicted octanol–water partition coefficient (Wildman–Crippen LogP) is 1.45. The maximum atomic E-state index is 14.5. The Labute approximate surface area is 270 Å². The number of rotatable bonds is 8. The first-order chi connectivity index (χ1) is 21.3. The second kappa shape index (κ2) is 11.9. The SMILES string of the molecule is C=C(C)CCC(O)[C@](C)(O)[C@H]1[C@H](O)C[C@@]2(C)[C@@H]3CC=C4C(C)=C(O[C@@H]5O[C@H](CO)[C@@H](O)[C@H](O)[C@H]5O)C(=O)C[C@H]4[C@]3(C)C(=O)C[C@]12C. The molecule has 0 amide bonds. The number of aliphatic hydroxyl groups excluding tert-OH is 6. The number of Topliss-reactive ketones (excluding diaryl/α,β-unsaturated/α-hetero) is 2. The molecule has 14 atom stereocenters. The molecule has 7 N–H and O–H groups in total. The summed E-state index contributed by atoms with van der Waals surface area (Å²) in [5.41, 5.74) is -1.96. The highest BCUT2D eigenvalue weighted by molar-refractivity contribution is 5.99. The van der Waals surface area contributed by atoms with E-state index >= 15 is 0 Å². The number of fused-ring (bicyclic) bond motifs is 5. The Morgan fingerprint density at radius 2 is 1.78 bits per heavy atom. The Bertz CT molecular complexity index is 1330. The molecule has 1 unspecified atom stereocenters. The van der Waals surface area contributed by atoms with Crippen LogP contribution in [0.3, 0.4) is 0 Å². The molecular weight excluding hydrogens is 596 g/mol. The molecule has 11 heteroatoms. The monoisotopic (exact) mass is 648 g/mol. The van der Waals surface area contributed by atoms with E-state index in [1.54, 1.807) is 13.8 Å². The van der Waals surface area contributed by atoms with Crippen LogP contribution in [0.2, 0.25) is 0 Å². The van der Waals surface area contributed by atoms with Gasteiger partial charge in [-0.05, 0) is 74.3 Å². The van der Waals surface area contributed by atoms with Gasteiger partial charge in [0.15, 0.2) is 11.5 Å². The normalized spacial score (nSPS) is 46.1. The smallest absolute Gasteiger partial charge is 0.229 e. The summed E-state index contributed by atoms with van der Waals surface area (Å²) in [5, 5.41) is 75.0. The number of ether oxygens (including phenoxy) is 2. The standard InChI is InChI=1S/C35H52O11/c1-16(2)8-11-24(39)35(7,44)30-21(38)13-32(4)23-10-9-18-17(3)29(46-31-28(43)27(42)26(41)22(15-36)45-31)20(37)12-19(18)34(23,6)25(40)14-33(30,32)5/h9,19,21-24,26-28,30-31,36,38-39,41-44H,1,8,10-15H2,2-7H3/t19-,21-,22-,23+,24?,26-,27+,28-,30+,31+,32+,33-,34+,35+/m1/s1. The summed E-state index contributed by atoms with van der Waals surface area (Å²) in [6, 6.07) is 0. The van der Waals surface area contributed by atoms with Crippen LogP contribution in [-0.2, 0) is 19.1 Å². The van der Waals surface area contributed by atoms with Crippen molar-refractivity contribution < 1.29 is 54.8 Å². The fourth-order valence-corrected chi connectivity index (χ4v) is 10.2. The highest BCUT2D eigenvalue weighted by atomic mass is 16.7. The first kappa shape index (κ1) is 35.3. The number of ketones is 2. The lowest BCUT2D eigenvalue weighted by Crippen LogP contribution is -2.64. The van der Waals surface area contributed by atoms with E-state index in [1.807, 2.05) is 26.8 Å². The molecule has 11 nitrogen and oxygen atoms in total. The molecule has 0 radical (unpaired) electrons. The number of carbonyl (C=O) groups is 2. The molecule has 1 heterocycles. The molecule has 0 aromatic heterocycles. The fourth-order valence-electron chi connectivity index (χ4n) is 10.2. The summed E-state index contributed by atoms with van der Waals surface area (Å²) >= 11 is 0. The van der Waals surface area contributed by atoms with Gasteiger partial charge in [-0.2, -0.15) is 0 Å². The summed E-state index contributed by atoms with van der Waals surface area (Å²) in [6.07, 6.45) is -6.08. The molecule has 3 fully saturated rings. The second-order valence-electron chi connectivity index (χ2n) is 15.6. The largest absolute Gasteiger partial charge is 0.458 e. The van der Waals surface area contributed by atoms with Gasteiger partial charge < -0.3 is 45.2 Å². The molecule has 1 aliphatic heterocycles. The third-order valence-corrected chi connectivity index (χ3v) is 13.0. The van der Waals surface area contributed by atoms with Gasteiger partial charge in [0, 0.05) is 30.1 Å². The van der Waals surface area contributed by atoms with E-state index in [0.717, 1.165) is 11.1 Å². The van der Waals surface area contributed by atoms with Crippen LogP contribution in [-0.4, -0.2) is 102 Å². The van der Waals surface area contributed by atoms with Crippen molar-refractivity contribution in [3.8, 4) is 0 Å². The van der Waals surface area contributed by atoms with Crippen LogP contribution < -0.4 is 0 Å². The topological polar surface area (TPSA) is 194 Å². The molecule has 2 saturated carbocycles. The molecule has 258 valence electrons. The van der Waals surface area contributed by atoms with Crippen LogP contribution >= 0.6 is 0 Å². The van der Waals surface area contributed by atoms with Crippen LogP contribution in [0.25, 0.3) is 0 Å². The maximum Gasteiger partial charge on any atom is 0.229 e. The highest BCUT2D eigenvalue weighted by Crippen LogP contribution is 2.73. The van der Waals surface area contributed by atoms with Crippen molar-refractivity contribution in [2.45, 2.75) is 129 Å². The molecule has 5 rings (SSSR count). The van der Waals surface area contributed by atoms with Crippen molar-refractivity contribution in [1.29, 1.82) is 0 Å². The maximum absolute atomic E-state index is 14.5. The van der Waals surface area contributed by atoms with E-state index in [9.17, 15) is 45.3 Å². The van der Waals surface area contributed by atoms with Crippen molar-refractivity contribution in [2.24, 2.45) is 34.0 Å². The number of aliphatic hydroxyl groups is 7. The lowest BCUT2D eigenvalue weighted by atomic mass is 9.39. The third-order valence-electron chi connectivity index (χ3n) is 13.0. The lowest BCUT2D eigenvalue weighted by molar-refractivity contribution is -0.291. The van der Waals surface area contributed by atoms with Gasteiger partial charge in [-0.15, -0.1) is 6.58 Å². The minimum absolute atomic E-state index is 0.0508. The van der Waals surface area contributed by atoms with E-state index in [1.165, 1.54) is 0 Å². The van der Waals surface area contributed by atoms with Gasteiger partial charge in [-0.1, -0.05) is 32.4 Å². The summed E-state index contributed by atoms with van der Waals surface area (Å²) in [5.74, 6) is -2.04. The fraction of sp³-hybridized carbons (Fsp3) is 0.771. The van der Waals surface area contributed by atoms with Crippen LogP contribution in [0.4, 0.5) is 0 Å². The Hall–Kier alpha value is -1.96. The molecule has 5 aliphatic rings. The summed E-state index contributed by atoms with van der Waals surface area (Å²) < 4.78 is 11.3. The third kappa shape index (κ3) is 5.00. The van der Waals surface area contributed by atoms with Crippen LogP contribution in [0.1, 0.15) is 80.1 Å². The quantitative estimate of drug-likeness (QED) is 0.188. The van der Waals surface area contributed by atoms with Crippen molar-refractivity contribution in [3.63, 3.8) is 0 Å². The van der Waals surface area contributed by atoms with Crippen molar-refractivity contribution >= 4 is 11.6 Å². The molecule has 0 aromatic carbocycles. The average Bonchev–Trinajstić information content (AvgIpc) is 3.18. The number of allylic oxidation sites excluding steroid dienone is 5. The van der Waals surface area contributed by atoms with Gasteiger partial charge in [0.25, 0.3) is 0 Å². The van der Waals surface area contributed by atoms with Crippen molar-refractivity contribution in [3.05, 3.63) is 35.1 Å². The first-order valence-electron chi connectivity index (χ1n) is 16.4. The molecule has 1 saturated heterocycles. The van der Waals surface area contributed by atoms with Crippen molar-refractivity contribution in [2.75, 3.05) is 6.61 Å². The first-order valence-corrected chi connectivity index (χ1v) is 16.4. The van der Waals surface area contributed by atoms with Gasteiger partial charge in [0.2, 0.25) is 6.29 Å². The van der Waals surface area contributed by atoms with E-state index in [0.29, 0.717) is 24.8 Å². The molecule has 46 heavy (non-hydrogen) atoms. The number of hydrogen-bond acceptors (Lipinski definition) is 11. The Balaban J connectivity index is 1.48. The Kier molecular flexibility index (Phi) is 9.12. The molecule has 0 bridgehead atoms. The predicted molar refractivity (Wildman–Crippen MR) is 166 cm³/mol. The molecule has 4 aliphatic carbocycles. The van der Waals surface area contributed by atoms with Crippen LogP contribution in [0.5, 0.6) is 0 Å². The minimum Gasteiger partial charge on any atom is -0.458 e. The number of carbonyl (C=O) groups excluding carboxylic acids is 2. The van der Waals surface area contributed by atoms with Crippen LogP contribution in [0, 0.1) is 34.0 Å². The van der Waals surface area contributed by atoms with Gasteiger partial charge in [0.1, 0.15) is 30.2 Å². The van der Waals surface area contributed by atoms with Gasteiger partial charge >= 0.3 is 0 Å². The summed E-state index contributed by atoms with van der Waals surface area (Å²) in [4.78, 5) is 28.2. The van der Waals surface area contributed by atoms with E-state index in [-0.39, 0.29) is 36.7 Å². The van der Waals surface area contributed by atoms with Crippen LogP contribution in [0.15, 0.2) is 35.1 Å². The minimum atomic E-state index is -1.68. The molecular formula is C35H52O11. The lowest BCUT2D eigenvalue weighted by Gasteiger charge is -2.63. The summed E-state index contributed by atoms with van der Waals surface area (Å²) in [7, 11) is 0. The zero-order valence-corrected chi connectivity index (χ0v) is 27.8.